The Morgan fingerprint density at radius 3 is 1.95 bits per heavy atom. The van der Waals surface area contributed by atoms with Gasteiger partial charge in [0, 0.05) is 17.2 Å². The lowest BCUT2D eigenvalue weighted by molar-refractivity contribution is 0.340. The Bertz CT molecular complexity index is 1510. The van der Waals surface area contributed by atoms with Gasteiger partial charge in [0.05, 0.1) is 12.1 Å². The van der Waals surface area contributed by atoms with E-state index in [4.69, 9.17) is 21.4 Å². The van der Waals surface area contributed by atoms with Crippen molar-refractivity contribution in [3.05, 3.63) is 150 Å². The number of benzene rings is 4. The summed E-state index contributed by atoms with van der Waals surface area (Å²) in [5.41, 5.74) is 5.12. The first-order valence-corrected chi connectivity index (χ1v) is 13.5. The molecule has 0 spiro atoms. The summed E-state index contributed by atoms with van der Waals surface area (Å²) in [6.07, 6.45) is 5.39. The van der Waals surface area contributed by atoms with Crippen LogP contribution >= 0.6 is 11.6 Å². The van der Waals surface area contributed by atoms with Gasteiger partial charge < -0.3 is 4.74 Å². The summed E-state index contributed by atoms with van der Waals surface area (Å²) in [6, 6.07) is 37.9. The predicted octanol–water partition coefficient (Wildman–Crippen LogP) is 8.11. The van der Waals surface area contributed by atoms with Gasteiger partial charge in [0.2, 0.25) is 0 Å². The number of alkyl halides is 1. The maximum atomic E-state index is 5.90. The van der Waals surface area contributed by atoms with Crippen LogP contribution in [0.5, 0.6) is 5.75 Å². The Hall–Kier alpha value is -4.41. The van der Waals surface area contributed by atoms with Crippen molar-refractivity contribution in [3.63, 3.8) is 0 Å². The Morgan fingerprint density at radius 1 is 0.897 bits per heavy atom. The van der Waals surface area contributed by atoms with Gasteiger partial charge in [-0.3, -0.25) is 4.99 Å². The molecule has 0 aliphatic heterocycles. The number of hydrogen-bond acceptors (Lipinski definition) is 3. The smallest absolute Gasteiger partial charge is 0.138 e. The highest BCUT2D eigenvalue weighted by molar-refractivity contribution is 6.18. The molecule has 0 unspecified atom stereocenters. The van der Waals surface area contributed by atoms with Crippen LogP contribution in [0.1, 0.15) is 29.3 Å². The zero-order valence-corrected chi connectivity index (χ0v) is 22.6. The predicted molar refractivity (Wildman–Crippen MR) is 163 cm³/mol. The molecule has 0 amide bonds. The number of allylic oxidation sites excluding steroid dienone is 3. The topological polar surface area (TPSA) is 39.4 Å². The molecule has 0 fully saturated rings. The molecule has 5 rings (SSSR count). The van der Waals surface area contributed by atoms with Crippen molar-refractivity contribution in [1.29, 1.82) is 0 Å². The SMILES string of the molecule is C=C/C(=C\C=N/CCl)c1nn(C(c2ccccc2)(c2ccccc2)c2ccccc2)c2ccc(OCC)cc12. The molecule has 0 saturated carbocycles. The number of hydrogen-bond donors (Lipinski definition) is 0. The third-order valence-corrected chi connectivity index (χ3v) is 6.91. The van der Waals surface area contributed by atoms with Crippen molar-refractivity contribution in [2.45, 2.75) is 12.5 Å². The van der Waals surface area contributed by atoms with Crippen LogP contribution < -0.4 is 4.74 Å². The standard InChI is InChI=1S/C34H30ClN3O/c1-3-26(22-23-36-25-35)33-31-24-30(39-4-2)20-21-32(31)38(37-33)34(27-14-8-5-9-15-27,28-16-10-6-11-17-28)29-18-12-7-13-19-29/h3,5-24H,1,4,25H2,2H3/b26-22+,36-23-. The van der Waals surface area contributed by atoms with Gasteiger partial charge >= 0.3 is 0 Å². The van der Waals surface area contributed by atoms with Crippen LogP contribution in [0.3, 0.4) is 0 Å². The van der Waals surface area contributed by atoms with Gasteiger partial charge in [-0.15, -0.1) is 11.6 Å². The minimum absolute atomic E-state index is 0.184. The molecule has 5 aromatic rings. The number of ether oxygens (including phenoxy) is 1. The summed E-state index contributed by atoms with van der Waals surface area (Å²) >= 11 is 5.80. The Morgan fingerprint density at radius 2 is 1.46 bits per heavy atom. The van der Waals surface area contributed by atoms with Crippen molar-refractivity contribution in [1.82, 2.24) is 9.78 Å². The van der Waals surface area contributed by atoms with E-state index in [-0.39, 0.29) is 6.00 Å². The van der Waals surface area contributed by atoms with E-state index in [9.17, 15) is 0 Å². The van der Waals surface area contributed by atoms with Crippen LogP contribution in [0.4, 0.5) is 0 Å². The fraction of sp³-hybridized carbons (Fsp3) is 0.118. The Kier molecular flexibility index (Phi) is 8.04. The number of aliphatic imine (C=N–C) groups is 1. The highest BCUT2D eigenvalue weighted by Crippen LogP contribution is 2.43. The van der Waals surface area contributed by atoms with Crippen molar-refractivity contribution < 1.29 is 4.74 Å². The van der Waals surface area contributed by atoms with Crippen molar-refractivity contribution in [3.8, 4) is 5.75 Å². The highest BCUT2D eigenvalue weighted by Gasteiger charge is 2.41. The average molecular weight is 532 g/mol. The lowest BCUT2D eigenvalue weighted by Gasteiger charge is -2.37. The summed E-state index contributed by atoms with van der Waals surface area (Å²) < 4.78 is 8.05. The van der Waals surface area contributed by atoms with E-state index in [0.29, 0.717) is 6.61 Å². The number of fused-ring (bicyclic) bond motifs is 1. The molecule has 0 saturated heterocycles. The summed E-state index contributed by atoms with van der Waals surface area (Å²) in [4.78, 5) is 4.17. The van der Waals surface area contributed by atoms with Crippen LogP contribution in [0.25, 0.3) is 16.5 Å². The van der Waals surface area contributed by atoms with Crippen LogP contribution in [-0.4, -0.2) is 28.6 Å². The third-order valence-electron chi connectivity index (χ3n) is 6.78. The second kappa shape index (κ2) is 12.0. The van der Waals surface area contributed by atoms with Gasteiger partial charge in [0.15, 0.2) is 0 Å². The Balaban J connectivity index is 1.94. The van der Waals surface area contributed by atoms with E-state index in [1.807, 2.05) is 37.3 Å². The molecular weight excluding hydrogens is 502 g/mol. The quantitative estimate of drug-likeness (QED) is 0.0600. The summed E-state index contributed by atoms with van der Waals surface area (Å²) in [5, 5.41) is 6.33. The van der Waals surface area contributed by atoms with Crippen molar-refractivity contribution >= 4 is 34.3 Å². The molecular formula is C34H30ClN3O. The van der Waals surface area contributed by atoms with E-state index in [1.165, 1.54) is 0 Å². The fourth-order valence-electron chi connectivity index (χ4n) is 5.14. The van der Waals surface area contributed by atoms with Crippen LogP contribution in [0.15, 0.2) is 133 Å². The molecule has 1 aromatic heterocycles. The fourth-order valence-corrected chi connectivity index (χ4v) is 5.22. The first kappa shape index (κ1) is 26.2. The van der Waals surface area contributed by atoms with Crippen molar-refractivity contribution in [2.75, 3.05) is 12.6 Å². The zero-order valence-electron chi connectivity index (χ0n) is 21.9. The van der Waals surface area contributed by atoms with Gasteiger partial charge in [-0.1, -0.05) is 104 Å². The minimum Gasteiger partial charge on any atom is -0.494 e. The molecule has 0 N–H and O–H groups in total. The summed E-state index contributed by atoms with van der Waals surface area (Å²) in [7, 11) is 0. The van der Waals surface area contributed by atoms with Crippen LogP contribution in [0.2, 0.25) is 0 Å². The lowest BCUT2D eigenvalue weighted by Crippen LogP contribution is -2.38. The lowest BCUT2D eigenvalue weighted by atomic mass is 9.77. The van der Waals surface area contributed by atoms with Crippen LogP contribution in [-0.2, 0) is 5.54 Å². The average Bonchev–Trinajstić information content (AvgIpc) is 3.36. The number of nitrogens with zero attached hydrogens (tertiary/aromatic N) is 3. The molecule has 5 heteroatoms. The van der Waals surface area contributed by atoms with Gasteiger partial charge in [-0.2, -0.15) is 5.10 Å². The largest absolute Gasteiger partial charge is 0.494 e. The molecule has 4 aromatic carbocycles. The van der Waals surface area contributed by atoms with Crippen LogP contribution in [0, 0.1) is 0 Å². The summed E-state index contributed by atoms with van der Waals surface area (Å²) in [5.74, 6) is 0.786. The molecule has 1 heterocycles. The van der Waals surface area contributed by atoms with E-state index >= 15 is 0 Å². The molecule has 0 bridgehead atoms. The number of halogens is 1. The van der Waals surface area contributed by atoms with Gasteiger partial charge in [0.25, 0.3) is 0 Å². The first-order valence-electron chi connectivity index (χ1n) is 13.0. The van der Waals surface area contributed by atoms with E-state index in [1.54, 1.807) is 12.3 Å². The molecule has 0 atom stereocenters. The number of aromatic nitrogens is 2. The monoisotopic (exact) mass is 531 g/mol. The molecule has 0 aliphatic rings. The van der Waals surface area contributed by atoms with E-state index in [0.717, 1.165) is 44.6 Å². The second-order valence-electron chi connectivity index (χ2n) is 8.96. The van der Waals surface area contributed by atoms with Gasteiger partial charge in [-0.25, -0.2) is 4.68 Å². The van der Waals surface area contributed by atoms with Gasteiger partial charge in [-0.05, 0) is 47.9 Å². The highest BCUT2D eigenvalue weighted by atomic mass is 35.5. The molecule has 194 valence electrons. The first-order chi connectivity index (χ1) is 19.2. The zero-order chi connectivity index (χ0) is 27.1. The maximum absolute atomic E-state index is 5.90. The molecule has 0 radical (unpaired) electrons. The van der Waals surface area contributed by atoms with E-state index < -0.39 is 5.54 Å². The molecule has 0 aliphatic carbocycles. The minimum atomic E-state index is -0.760. The van der Waals surface area contributed by atoms with Gasteiger partial charge in [0.1, 0.15) is 23.0 Å². The molecule has 39 heavy (non-hydrogen) atoms. The van der Waals surface area contributed by atoms with Crippen molar-refractivity contribution in [2.24, 2.45) is 4.99 Å². The van der Waals surface area contributed by atoms with E-state index in [2.05, 4.69) is 101 Å². The maximum Gasteiger partial charge on any atom is 0.138 e. The summed E-state index contributed by atoms with van der Waals surface area (Å²) in [6.45, 7) is 6.64. The second-order valence-corrected chi connectivity index (χ2v) is 9.20. The third kappa shape index (κ3) is 4.91. The molecule has 4 nitrogen and oxygen atoms in total. The Labute approximate surface area is 234 Å². The normalized spacial score (nSPS) is 12.2. The number of rotatable bonds is 10.